The number of benzene rings is 2. The number of nitrogens with zero attached hydrogens (tertiary/aromatic N) is 1. The Morgan fingerprint density at radius 1 is 1.03 bits per heavy atom. The molecule has 0 aliphatic rings. The van der Waals surface area contributed by atoms with Crippen molar-refractivity contribution in [3.8, 4) is 22.4 Å². The van der Waals surface area contributed by atoms with E-state index >= 15 is 0 Å². The molecule has 0 atom stereocenters. The van der Waals surface area contributed by atoms with Gasteiger partial charge in [0.15, 0.2) is 0 Å². The van der Waals surface area contributed by atoms with Gasteiger partial charge in [-0.15, -0.1) is 0 Å². The Morgan fingerprint density at radius 2 is 1.76 bits per heavy atom. The number of rotatable bonds is 6. The lowest BCUT2D eigenvalue weighted by Crippen LogP contribution is -2.02. The van der Waals surface area contributed by atoms with Gasteiger partial charge in [0.05, 0.1) is 5.69 Å². The van der Waals surface area contributed by atoms with Crippen LogP contribution in [-0.4, -0.2) is 12.0 Å². The molecule has 0 spiro atoms. The van der Waals surface area contributed by atoms with Crippen molar-refractivity contribution in [1.29, 1.82) is 0 Å². The quantitative estimate of drug-likeness (QED) is 0.454. The van der Waals surface area contributed by atoms with Crippen LogP contribution >= 0.6 is 0 Å². The second kappa shape index (κ2) is 8.74. The second-order valence-corrected chi connectivity index (χ2v) is 7.24. The Morgan fingerprint density at radius 3 is 2.38 bits per heavy atom. The van der Waals surface area contributed by atoms with Crippen LogP contribution in [0.15, 0.2) is 73.8 Å². The molecule has 1 N–H and O–H groups in total. The van der Waals surface area contributed by atoms with Crippen molar-refractivity contribution < 1.29 is 0 Å². The third kappa shape index (κ3) is 4.07. The van der Waals surface area contributed by atoms with Gasteiger partial charge in [0.1, 0.15) is 5.82 Å². The summed E-state index contributed by atoms with van der Waals surface area (Å²) in [5, 5.41) is 3.23. The van der Waals surface area contributed by atoms with E-state index in [1.54, 1.807) is 0 Å². The zero-order chi connectivity index (χ0) is 21.0. The zero-order valence-electron chi connectivity index (χ0n) is 17.7. The minimum atomic E-state index is 0.844. The lowest BCUT2D eigenvalue weighted by atomic mass is 9.89. The van der Waals surface area contributed by atoms with Crippen LogP contribution in [0, 0.1) is 13.8 Å². The number of nitrogens with one attached hydrogen (secondary N) is 1. The van der Waals surface area contributed by atoms with E-state index in [2.05, 4.69) is 68.7 Å². The van der Waals surface area contributed by atoms with Crippen molar-refractivity contribution in [2.24, 2.45) is 0 Å². The van der Waals surface area contributed by atoms with Crippen LogP contribution < -0.4 is 5.32 Å². The number of hydrogen-bond donors (Lipinski definition) is 1. The SMILES string of the molecule is C=C/C=C\c1c(C)ccc(-c2cc(C(=C)C)c(NC)nc2-c2ccccc2)c1C. The molecule has 1 heterocycles. The fourth-order valence-electron chi connectivity index (χ4n) is 3.63. The third-order valence-corrected chi connectivity index (χ3v) is 5.19. The highest BCUT2D eigenvalue weighted by molar-refractivity contribution is 5.89. The molecule has 146 valence electrons. The van der Waals surface area contributed by atoms with Gasteiger partial charge in [-0.25, -0.2) is 4.98 Å². The summed E-state index contributed by atoms with van der Waals surface area (Å²) in [6.07, 6.45) is 5.92. The van der Waals surface area contributed by atoms with E-state index in [0.717, 1.165) is 33.8 Å². The summed E-state index contributed by atoms with van der Waals surface area (Å²) in [6.45, 7) is 14.3. The first-order valence-corrected chi connectivity index (χ1v) is 9.81. The molecule has 0 saturated carbocycles. The van der Waals surface area contributed by atoms with E-state index in [4.69, 9.17) is 4.98 Å². The van der Waals surface area contributed by atoms with Crippen LogP contribution in [0.1, 0.15) is 29.2 Å². The maximum absolute atomic E-state index is 5.01. The van der Waals surface area contributed by atoms with E-state index in [0.29, 0.717) is 0 Å². The molecule has 2 aromatic carbocycles. The molecule has 3 aromatic rings. The molecule has 0 fully saturated rings. The van der Waals surface area contributed by atoms with Crippen molar-refractivity contribution >= 4 is 17.5 Å². The monoisotopic (exact) mass is 380 g/mol. The van der Waals surface area contributed by atoms with Crippen LogP contribution in [-0.2, 0) is 0 Å². The van der Waals surface area contributed by atoms with Gasteiger partial charge in [-0.05, 0) is 54.7 Å². The summed E-state index contributed by atoms with van der Waals surface area (Å²) < 4.78 is 0. The van der Waals surface area contributed by atoms with Crippen molar-refractivity contribution in [1.82, 2.24) is 4.98 Å². The summed E-state index contributed by atoms with van der Waals surface area (Å²) in [7, 11) is 1.90. The first kappa shape index (κ1) is 20.3. The lowest BCUT2D eigenvalue weighted by molar-refractivity contribution is 1.26. The Labute approximate surface area is 174 Å². The van der Waals surface area contributed by atoms with E-state index in [-0.39, 0.29) is 0 Å². The van der Waals surface area contributed by atoms with Gasteiger partial charge < -0.3 is 5.32 Å². The zero-order valence-corrected chi connectivity index (χ0v) is 17.7. The average molecular weight is 381 g/mol. The molecule has 0 saturated heterocycles. The Kier molecular flexibility index (Phi) is 6.13. The first-order chi connectivity index (χ1) is 14.0. The van der Waals surface area contributed by atoms with Crippen LogP contribution in [0.2, 0.25) is 0 Å². The molecule has 0 bridgehead atoms. The Bertz CT molecular complexity index is 1090. The highest BCUT2D eigenvalue weighted by atomic mass is 15.0. The minimum Gasteiger partial charge on any atom is -0.373 e. The molecule has 2 heteroatoms. The van der Waals surface area contributed by atoms with Crippen LogP contribution in [0.3, 0.4) is 0 Å². The number of aryl methyl sites for hydroxylation is 1. The predicted molar refractivity (Wildman–Crippen MR) is 128 cm³/mol. The van der Waals surface area contributed by atoms with Crippen LogP contribution in [0.4, 0.5) is 5.82 Å². The summed E-state index contributed by atoms with van der Waals surface area (Å²) in [5.74, 6) is 0.844. The number of aromatic nitrogens is 1. The molecule has 0 aliphatic carbocycles. The van der Waals surface area contributed by atoms with E-state index in [1.807, 2.05) is 44.3 Å². The lowest BCUT2D eigenvalue weighted by Gasteiger charge is -2.19. The molecule has 29 heavy (non-hydrogen) atoms. The van der Waals surface area contributed by atoms with Gasteiger partial charge in [-0.1, -0.05) is 73.9 Å². The van der Waals surface area contributed by atoms with E-state index in [9.17, 15) is 0 Å². The summed E-state index contributed by atoms with van der Waals surface area (Å²) >= 11 is 0. The van der Waals surface area contributed by atoms with Crippen molar-refractivity contribution in [2.75, 3.05) is 12.4 Å². The smallest absolute Gasteiger partial charge is 0.134 e. The second-order valence-electron chi connectivity index (χ2n) is 7.24. The largest absolute Gasteiger partial charge is 0.373 e. The first-order valence-electron chi connectivity index (χ1n) is 9.81. The molecular formula is C27H28N2. The summed E-state index contributed by atoms with van der Waals surface area (Å²) in [5.41, 5.74) is 10.0. The number of anilines is 1. The number of allylic oxidation sites excluding steroid dienone is 3. The van der Waals surface area contributed by atoms with Crippen LogP contribution in [0.25, 0.3) is 34.0 Å². The fourth-order valence-corrected chi connectivity index (χ4v) is 3.63. The normalized spacial score (nSPS) is 10.9. The van der Waals surface area contributed by atoms with Crippen molar-refractivity contribution in [3.63, 3.8) is 0 Å². The van der Waals surface area contributed by atoms with Gasteiger partial charge in [0, 0.05) is 23.7 Å². The molecule has 0 radical (unpaired) electrons. The van der Waals surface area contributed by atoms with E-state index in [1.165, 1.54) is 22.3 Å². The van der Waals surface area contributed by atoms with Gasteiger partial charge in [0.25, 0.3) is 0 Å². The molecular weight excluding hydrogens is 352 g/mol. The average Bonchev–Trinajstić information content (AvgIpc) is 2.73. The highest BCUT2D eigenvalue weighted by Gasteiger charge is 2.17. The number of pyridine rings is 1. The number of hydrogen-bond acceptors (Lipinski definition) is 2. The van der Waals surface area contributed by atoms with Crippen molar-refractivity contribution in [2.45, 2.75) is 20.8 Å². The molecule has 0 unspecified atom stereocenters. The van der Waals surface area contributed by atoms with Gasteiger partial charge >= 0.3 is 0 Å². The Hall–Kier alpha value is -3.39. The molecule has 3 rings (SSSR count). The minimum absolute atomic E-state index is 0.844. The highest BCUT2D eigenvalue weighted by Crippen LogP contribution is 2.38. The molecule has 0 aliphatic heterocycles. The summed E-state index contributed by atoms with van der Waals surface area (Å²) in [6, 6.07) is 16.9. The van der Waals surface area contributed by atoms with Crippen molar-refractivity contribution in [3.05, 3.63) is 96.1 Å². The summed E-state index contributed by atoms with van der Waals surface area (Å²) in [4.78, 5) is 5.01. The van der Waals surface area contributed by atoms with Gasteiger partial charge in [-0.3, -0.25) is 0 Å². The predicted octanol–water partition coefficient (Wildman–Crippen LogP) is 7.31. The van der Waals surface area contributed by atoms with E-state index < -0.39 is 0 Å². The van der Waals surface area contributed by atoms with Gasteiger partial charge in [-0.2, -0.15) is 0 Å². The fraction of sp³-hybridized carbons (Fsp3) is 0.148. The molecule has 0 amide bonds. The third-order valence-electron chi connectivity index (χ3n) is 5.19. The standard InChI is InChI=1S/C27H28N2/c1-7-8-14-22-19(4)15-16-23(20(22)5)25-17-24(18(2)3)27(28-6)29-26(25)21-12-10-9-11-13-21/h7-17H,1-2H2,3-6H3,(H,28,29)/b14-8-. The van der Waals surface area contributed by atoms with Gasteiger partial charge in [0.2, 0.25) is 0 Å². The molecule has 2 nitrogen and oxygen atoms in total. The maximum atomic E-state index is 5.01. The van der Waals surface area contributed by atoms with Crippen LogP contribution in [0.5, 0.6) is 0 Å². The maximum Gasteiger partial charge on any atom is 0.134 e. The Balaban J connectivity index is 2.36. The molecule has 1 aromatic heterocycles. The topological polar surface area (TPSA) is 24.9 Å².